The van der Waals surface area contributed by atoms with Crippen LogP contribution in [0.2, 0.25) is 0 Å². The van der Waals surface area contributed by atoms with Crippen LogP contribution in [0.4, 0.5) is 0 Å². The van der Waals surface area contributed by atoms with E-state index in [1.165, 1.54) is 25.7 Å². The minimum absolute atomic E-state index is 0.302. The first-order valence-corrected chi connectivity index (χ1v) is 5.21. The molecule has 0 aromatic heterocycles. The first kappa shape index (κ1) is 8.86. The number of unbranched alkanes of at least 4 members (excludes halogenated alkanes) is 4. The Labute approximate surface area is 82.9 Å². The molecule has 1 heteroatoms. The quantitative estimate of drug-likeness (QED) is 0.566. The lowest BCUT2D eigenvalue weighted by Crippen LogP contribution is -2.07. The topological polar surface area (TPSA) is 9.23 Å². The smallest absolute Gasteiger partial charge is 0.116 e. The highest BCUT2D eigenvalue weighted by molar-refractivity contribution is 5.07. The van der Waals surface area contributed by atoms with Crippen molar-refractivity contribution in [1.29, 1.82) is 0 Å². The molecule has 1 atom stereocenters. The SMILES string of the molecule is [2H]CCCCCCCC1C=CC=CO1. The van der Waals surface area contributed by atoms with Crippen molar-refractivity contribution in [3.05, 3.63) is 24.5 Å². The third-order valence-corrected chi connectivity index (χ3v) is 2.26. The van der Waals surface area contributed by atoms with E-state index in [2.05, 4.69) is 6.08 Å². The summed E-state index contributed by atoms with van der Waals surface area (Å²) in [5, 5.41) is 0. The Bertz CT molecular complexity index is 187. The summed E-state index contributed by atoms with van der Waals surface area (Å²) in [4.78, 5) is 0. The van der Waals surface area contributed by atoms with Crippen molar-refractivity contribution < 1.29 is 6.11 Å². The Morgan fingerprint density at radius 2 is 2.15 bits per heavy atom. The normalized spacial score (nSPS) is 21.2. The molecule has 0 N–H and O–H groups in total. The van der Waals surface area contributed by atoms with Crippen LogP contribution in [0.1, 0.15) is 46.8 Å². The molecule has 1 nitrogen and oxygen atoms in total. The van der Waals surface area contributed by atoms with Gasteiger partial charge in [0.05, 0.1) is 6.26 Å². The van der Waals surface area contributed by atoms with E-state index in [-0.39, 0.29) is 0 Å². The number of rotatable bonds is 6. The zero-order chi connectivity index (χ0) is 10.1. The molecule has 0 aromatic carbocycles. The van der Waals surface area contributed by atoms with Crippen molar-refractivity contribution >= 4 is 0 Å². The van der Waals surface area contributed by atoms with E-state index in [1.807, 2.05) is 12.2 Å². The van der Waals surface area contributed by atoms with Crippen LogP contribution in [0, 0.1) is 0 Å². The molecule has 0 aromatic rings. The largest absolute Gasteiger partial charge is 0.494 e. The third-order valence-electron chi connectivity index (χ3n) is 2.26. The number of allylic oxidation sites excluding steroid dienone is 2. The van der Waals surface area contributed by atoms with Gasteiger partial charge in [0.1, 0.15) is 6.10 Å². The van der Waals surface area contributed by atoms with Gasteiger partial charge in [-0.15, -0.1) is 0 Å². The predicted octanol–water partition coefficient (Wildman–Crippen LogP) is 3.82. The van der Waals surface area contributed by atoms with Crippen LogP contribution >= 0.6 is 0 Å². The van der Waals surface area contributed by atoms with Crippen LogP contribution in [0.5, 0.6) is 0 Å². The van der Waals surface area contributed by atoms with Crippen LogP contribution < -0.4 is 0 Å². The zero-order valence-corrected chi connectivity index (χ0v) is 8.24. The molecule has 1 unspecified atom stereocenters. The summed E-state index contributed by atoms with van der Waals surface area (Å²) in [6.07, 6.45) is 15.3. The van der Waals surface area contributed by atoms with Gasteiger partial charge in [0, 0.05) is 1.37 Å². The average molecular weight is 181 g/mol. The molecule has 0 saturated carbocycles. The molecular weight excluding hydrogens is 160 g/mol. The summed E-state index contributed by atoms with van der Waals surface area (Å²) in [5.74, 6) is 0. The van der Waals surface area contributed by atoms with Crippen molar-refractivity contribution in [3.63, 3.8) is 0 Å². The fourth-order valence-corrected chi connectivity index (χ4v) is 1.47. The lowest BCUT2D eigenvalue weighted by atomic mass is 10.1. The molecule has 1 aliphatic heterocycles. The Kier molecular flexibility index (Phi) is 4.61. The summed E-state index contributed by atoms with van der Waals surface area (Å²) in [7, 11) is 0. The first-order chi connectivity index (χ1) is 6.93. The molecule has 0 amide bonds. The van der Waals surface area contributed by atoms with E-state index in [9.17, 15) is 0 Å². The van der Waals surface area contributed by atoms with Gasteiger partial charge in [-0.05, 0) is 25.0 Å². The van der Waals surface area contributed by atoms with Gasteiger partial charge in [-0.3, -0.25) is 0 Å². The number of hydrogen-bond donors (Lipinski definition) is 0. The molecule has 1 rings (SSSR count). The molecule has 74 valence electrons. The van der Waals surface area contributed by atoms with Gasteiger partial charge in [-0.25, -0.2) is 0 Å². The Hall–Kier alpha value is -0.720. The minimum atomic E-state index is 0.302. The summed E-state index contributed by atoms with van der Waals surface area (Å²) in [5.41, 5.74) is 0. The average Bonchev–Trinajstić information content (AvgIpc) is 2.25. The van der Waals surface area contributed by atoms with Crippen molar-refractivity contribution in [2.24, 2.45) is 0 Å². The highest BCUT2D eigenvalue weighted by Gasteiger charge is 2.04. The zero-order valence-electron chi connectivity index (χ0n) is 9.24. The van der Waals surface area contributed by atoms with Gasteiger partial charge < -0.3 is 4.74 Å². The van der Waals surface area contributed by atoms with Crippen LogP contribution in [0.15, 0.2) is 24.5 Å². The second kappa shape index (κ2) is 6.76. The molecule has 0 radical (unpaired) electrons. The van der Waals surface area contributed by atoms with Crippen molar-refractivity contribution in [2.45, 2.75) is 51.5 Å². The van der Waals surface area contributed by atoms with Crippen LogP contribution in [0.3, 0.4) is 0 Å². The summed E-state index contributed by atoms with van der Waals surface area (Å²) in [6.45, 7) is 0.583. The van der Waals surface area contributed by atoms with Gasteiger partial charge in [0.2, 0.25) is 0 Å². The van der Waals surface area contributed by atoms with E-state index < -0.39 is 0 Å². The molecule has 13 heavy (non-hydrogen) atoms. The predicted molar refractivity (Wildman–Crippen MR) is 56.5 cm³/mol. The monoisotopic (exact) mass is 181 g/mol. The summed E-state index contributed by atoms with van der Waals surface area (Å²) >= 11 is 0. The first-order valence-electron chi connectivity index (χ1n) is 5.92. The molecule has 1 heterocycles. The Morgan fingerprint density at radius 1 is 1.23 bits per heavy atom. The lowest BCUT2D eigenvalue weighted by Gasteiger charge is -2.14. The van der Waals surface area contributed by atoms with Crippen LogP contribution in [-0.2, 0) is 4.74 Å². The van der Waals surface area contributed by atoms with Crippen LogP contribution in [-0.4, -0.2) is 6.10 Å². The summed E-state index contributed by atoms with van der Waals surface area (Å²) in [6, 6.07) is 0. The standard InChI is InChI=1S/C12H20O/c1-2-3-4-5-6-9-12-10-7-8-11-13-12/h7-8,10-12H,2-6,9H2,1H3/i1D. The maximum Gasteiger partial charge on any atom is 0.116 e. The van der Waals surface area contributed by atoms with Gasteiger partial charge >= 0.3 is 0 Å². The van der Waals surface area contributed by atoms with Gasteiger partial charge in [0.25, 0.3) is 0 Å². The van der Waals surface area contributed by atoms with E-state index in [0.29, 0.717) is 13.0 Å². The second-order valence-corrected chi connectivity index (χ2v) is 3.44. The molecule has 0 spiro atoms. The molecule has 0 aliphatic carbocycles. The lowest BCUT2D eigenvalue weighted by molar-refractivity contribution is 0.170. The number of ether oxygens (including phenoxy) is 1. The van der Waals surface area contributed by atoms with Crippen LogP contribution in [0.25, 0.3) is 0 Å². The molecular formula is C12H20O. The van der Waals surface area contributed by atoms with Gasteiger partial charge in [0.15, 0.2) is 0 Å². The van der Waals surface area contributed by atoms with E-state index in [1.54, 1.807) is 6.26 Å². The molecule has 1 aliphatic rings. The Morgan fingerprint density at radius 3 is 2.92 bits per heavy atom. The highest BCUT2D eigenvalue weighted by Crippen LogP contribution is 2.12. The summed E-state index contributed by atoms with van der Waals surface area (Å²) < 4.78 is 12.4. The van der Waals surface area contributed by atoms with E-state index in [4.69, 9.17) is 6.11 Å². The second-order valence-electron chi connectivity index (χ2n) is 3.44. The fraction of sp³-hybridized carbons (Fsp3) is 0.667. The molecule has 0 fully saturated rings. The fourth-order valence-electron chi connectivity index (χ4n) is 1.47. The molecule has 0 bridgehead atoms. The van der Waals surface area contributed by atoms with Gasteiger partial charge in [-0.1, -0.05) is 38.7 Å². The Balaban J connectivity index is 1.88. The van der Waals surface area contributed by atoms with Crippen molar-refractivity contribution in [2.75, 3.05) is 0 Å². The third kappa shape index (κ3) is 4.76. The number of hydrogen-bond acceptors (Lipinski definition) is 1. The van der Waals surface area contributed by atoms with Crippen molar-refractivity contribution in [3.8, 4) is 0 Å². The minimum Gasteiger partial charge on any atom is -0.494 e. The van der Waals surface area contributed by atoms with E-state index >= 15 is 0 Å². The van der Waals surface area contributed by atoms with E-state index in [0.717, 1.165) is 12.8 Å². The van der Waals surface area contributed by atoms with Gasteiger partial charge in [-0.2, -0.15) is 0 Å². The molecule has 0 saturated heterocycles. The maximum atomic E-state index is 7.01. The highest BCUT2D eigenvalue weighted by atomic mass is 16.5. The van der Waals surface area contributed by atoms with Crippen molar-refractivity contribution in [1.82, 2.24) is 0 Å². The maximum absolute atomic E-state index is 7.01.